The van der Waals surface area contributed by atoms with E-state index >= 15 is 0 Å². The van der Waals surface area contributed by atoms with Gasteiger partial charge in [-0.2, -0.15) is 11.3 Å². The predicted octanol–water partition coefficient (Wildman–Crippen LogP) is 1.72. The summed E-state index contributed by atoms with van der Waals surface area (Å²) in [5, 5.41) is 6.54. The van der Waals surface area contributed by atoms with E-state index in [0.717, 1.165) is 5.56 Å². The first-order chi connectivity index (χ1) is 11.2. The molecule has 1 aliphatic heterocycles. The van der Waals surface area contributed by atoms with Crippen molar-refractivity contribution in [1.29, 1.82) is 0 Å². The quantitative estimate of drug-likeness (QED) is 0.929. The molecule has 0 saturated carbocycles. The van der Waals surface area contributed by atoms with Crippen molar-refractivity contribution >= 4 is 23.2 Å². The summed E-state index contributed by atoms with van der Waals surface area (Å²) >= 11 is 1.61. The molecule has 3 heterocycles. The van der Waals surface area contributed by atoms with Crippen molar-refractivity contribution in [2.45, 2.75) is 6.10 Å². The molecule has 2 aromatic heterocycles. The van der Waals surface area contributed by atoms with E-state index in [2.05, 4.69) is 10.3 Å². The van der Waals surface area contributed by atoms with Crippen LogP contribution in [-0.4, -0.2) is 48.4 Å². The highest BCUT2D eigenvalue weighted by Crippen LogP contribution is 2.24. The Balaban J connectivity index is 1.71. The molecule has 2 aromatic rings. The predicted molar refractivity (Wildman–Crippen MR) is 86.5 cm³/mol. The second-order valence-electron chi connectivity index (χ2n) is 5.18. The summed E-state index contributed by atoms with van der Waals surface area (Å²) < 4.78 is 5.75. The fraction of sp³-hybridized carbons (Fsp3) is 0.312. The molecule has 1 saturated heterocycles. The van der Waals surface area contributed by atoms with Gasteiger partial charge in [0.05, 0.1) is 18.7 Å². The lowest BCUT2D eigenvalue weighted by molar-refractivity contribution is -0.0226. The topological polar surface area (TPSA) is 71.5 Å². The zero-order chi connectivity index (χ0) is 16.2. The number of carbonyl (C=O) groups excluding carboxylic acids is 2. The summed E-state index contributed by atoms with van der Waals surface area (Å²) in [7, 11) is 1.54. The number of rotatable bonds is 3. The summed E-state index contributed by atoms with van der Waals surface area (Å²) in [6, 6.07) is 5.21. The molecule has 0 radical (unpaired) electrons. The zero-order valence-electron chi connectivity index (χ0n) is 12.7. The average Bonchev–Trinajstić information content (AvgIpc) is 3.15. The number of morpholine rings is 1. The molecule has 0 aromatic carbocycles. The third-order valence-electron chi connectivity index (χ3n) is 3.74. The van der Waals surface area contributed by atoms with Crippen molar-refractivity contribution in [1.82, 2.24) is 15.2 Å². The number of nitrogens with zero attached hydrogens (tertiary/aromatic N) is 2. The minimum absolute atomic E-state index is 0.0861. The molecule has 3 rings (SSSR count). The maximum Gasteiger partial charge on any atom is 0.269 e. The molecule has 7 heteroatoms. The fourth-order valence-electron chi connectivity index (χ4n) is 2.46. The van der Waals surface area contributed by atoms with E-state index in [1.54, 1.807) is 35.4 Å². The molecule has 1 unspecified atom stereocenters. The summed E-state index contributed by atoms with van der Waals surface area (Å²) in [5.74, 6) is -0.364. The first kappa shape index (κ1) is 15.6. The Labute approximate surface area is 138 Å². The minimum Gasteiger partial charge on any atom is -0.370 e. The third-order valence-corrected chi connectivity index (χ3v) is 4.44. The molecule has 0 spiro atoms. The van der Waals surface area contributed by atoms with Gasteiger partial charge >= 0.3 is 0 Å². The molecule has 2 amide bonds. The Morgan fingerprint density at radius 1 is 1.39 bits per heavy atom. The SMILES string of the molecule is CNC(=O)c1ccc(C(=O)N2CCOC(c3ccsc3)C2)cn1. The standard InChI is InChI=1S/C16H17N3O3S/c1-17-15(20)13-3-2-11(8-18-13)16(21)19-5-6-22-14(9-19)12-4-7-23-10-12/h2-4,7-8,10,14H,5-6,9H2,1H3,(H,17,20). The lowest BCUT2D eigenvalue weighted by Crippen LogP contribution is -2.42. The molecular weight excluding hydrogens is 314 g/mol. The number of ether oxygens (including phenoxy) is 1. The van der Waals surface area contributed by atoms with Gasteiger partial charge in [-0.3, -0.25) is 14.6 Å². The van der Waals surface area contributed by atoms with E-state index in [-0.39, 0.29) is 17.9 Å². The Morgan fingerprint density at radius 3 is 2.91 bits per heavy atom. The number of carbonyl (C=O) groups is 2. The maximum atomic E-state index is 12.6. The van der Waals surface area contributed by atoms with Crippen LogP contribution in [-0.2, 0) is 4.74 Å². The number of aromatic nitrogens is 1. The van der Waals surface area contributed by atoms with Gasteiger partial charge in [0.2, 0.25) is 0 Å². The van der Waals surface area contributed by atoms with Crippen LogP contribution in [0.1, 0.15) is 32.5 Å². The molecule has 0 aliphatic carbocycles. The first-order valence-corrected chi connectivity index (χ1v) is 8.24. The van der Waals surface area contributed by atoms with Crippen molar-refractivity contribution in [3.8, 4) is 0 Å². The number of thiophene rings is 1. The van der Waals surface area contributed by atoms with Crippen LogP contribution >= 0.6 is 11.3 Å². The van der Waals surface area contributed by atoms with Crippen molar-refractivity contribution in [2.24, 2.45) is 0 Å². The van der Waals surface area contributed by atoms with Gasteiger partial charge in [-0.25, -0.2) is 0 Å². The second kappa shape index (κ2) is 6.89. The monoisotopic (exact) mass is 331 g/mol. The zero-order valence-corrected chi connectivity index (χ0v) is 13.5. The maximum absolute atomic E-state index is 12.6. The van der Waals surface area contributed by atoms with Crippen LogP contribution in [0.25, 0.3) is 0 Å². The highest BCUT2D eigenvalue weighted by atomic mass is 32.1. The van der Waals surface area contributed by atoms with E-state index in [0.29, 0.717) is 31.0 Å². The van der Waals surface area contributed by atoms with E-state index in [1.807, 2.05) is 16.8 Å². The first-order valence-electron chi connectivity index (χ1n) is 7.30. The van der Waals surface area contributed by atoms with Gasteiger partial charge in [0.15, 0.2) is 0 Å². The summed E-state index contributed by atoms with van der Waals surface area (Å²) in [4.78, 5) is 29.9. The fourth-order valence-corrected chi connectivity index (χ4v) is 3.16. The highest BCUT2D eigenvalue weighted by Gasteiger charge is 2.26. The Morgan fingerprint density at radius 2 is 2.26 bits per heavy atom. The smallest absolute Gasteiger partial charge is 0.269 e. The largest absolute Gasteiger partial charge is 0.370 e. The second-order valence-corrected chi connectivity index (χ2v) is 5.96. The number of pyridine rings is 1. The Kier molecular flexibility index (Phi) is 4.68. The normalized spacial score (nSPS) is 17.8. The molecule has 1 aliphatic rings. The lowest BCUT2D eigenvalue weighted by atomic mass is 10.1. The highest BCUT2D eigenvalue weighted by molar-refractivity contribution is 7.07. The molecule has 1 N–H and O–H groups in total. The third kappa shape index (κ3) is 3.40. The number of nitrogens with one attached hydrogen (secondary N) is 1. The molecule has 0 bridgehead atoms. The van der Waals surface area contributed by atoms with Crippen LogP contribution in [0.5, 0.6) is 0 Å². The number of amides is 2. The van der Waals surface area contributed by atoms with Crippen LogP contribution < -0.4 is 5.32 Å². The van der Waals surface area contributed by atoms with Crippen LogP contribution in [0.2, 0.25) is 0 Å². The van der Waals surface area contributed by atoms with Crippen molar-refractivity contribution in [3.63, 3.8) is 0 Å². The van der Waals surface area contributed by atoms with E-state index in [1.165, 1.54) is 6.20 Å². The molecule has 1 atom stereocenters. The average molecular weight is 331 g/mol. The molecular formula is C16H17N3O3S. The van der Waals surface area contributed by atoms with Gasteiger partial charge in [-0.05, 0) is 34.5 Å². The number of hydrogen-bond donors (Lipinski definition) is 1. The molecule has 120 valence electrons. The van der Waals surface area contributed by atoms with Crippen LogP contribution in [0.4, 0.5) is 0 Å². The van der Waals surface area contributed by atoms with Gasteiger partial charge in [0.1, 0.15) is 11.8 Å². The Hall–Kier alpha value is -2.25. The lowest BCUT2D eigenvalue weighted by Gasteiger charge is -2.32. The molecule has 1 fully saturated rings. The van der Waals surface area contributed by atoms with E-state index in [4.69, 9.17) is 4.74 Å². The van der Waals surface area contributed by atoms with E-state index < -0.39 is 0 Å². The van der Waals surface area contributed by atoms with Crippen molar-refractivity contribution in [2.75, 3.05) is 26.7 Å². The summed E-state index contributed by atoms with van der Waals surface area (Å²) in [6.07, 6.45) is 1.36. The van der Waals surface area contributed by atoms with Crippen LogP contribution in [0, 0.1) is 0 Å². The van der Waals surface area contributed by atoms with Crippen molar-refractivity contribution < 1.29 is 14.3 Å². The number of hydrogen-bond acceptors (Lipinski definition) is 5. The van der Waals surface area contributed by atoms with Gasteiger partial charge < -0.3 is 15.0 Å². The van der Waals surface area contributed by atoms with Gasteiger partial charge in [-0.1, -0.05) is 0 Å². The van der Waals surface area contributed by atoms with Crippen LogP contribution in [0.15, 0.2) is 35.2 Å². The van der Waals surface area contributed by atoms with Gasteiger partial charge in [0, 0.05) is 19.8 Å². The summed E-state index contributed by atoms with van der Waals surface area (Å²) in [5.41, 5.74) is 1.87. The Bertz CT molecular complexity index is 685. The molecule has 23 heavy (non-hydrogen) atoms. The van der Waals surface area contributed by atoms with Crippen LogP contribution in [0.3, 0.4) is 0 Å². The van der Waals surface area contributed by atoms with Gasteiger partial charge in [-0.15, -0.1) is 0 Å². The molecule has 6 nitrogen and oxygen atoms in total. The summed E-state index contributed by atoms with van der Waals surface area (Å²) in [6.45, 7) is 1.58. The van der Waals surface area contributed by atoms with Gasteiger partial charge in [0.25, 0.3) is 11.8 Å². The minimum atomic E-state index is -0.270. The van der Waals surface area contributed by atoms with E-state index in [9.17, 15) is 9.59 Å². The van der Waals surface area contributed by atoms with Crippen molar-refractivity contribution in [3.05, 3.63) is 52.0 Å².